The zero-order valence-electron chi connectivity index (χ0n) is 16.7. The predicted molar refractivity (Wildman–Crippen MR) is 110 cm³/mol. The molecule has 1 atom stereocenters. The zero-order valence-corrected chi connectivity index (χ0v) is 17.5. The first-order chi connectivity index (χ1) is 13.2. The highest BCUT2D eigenvalue weighted by Gasteiger charge is 2.30. The molecule has 0 fully saturated rings. The minimum absolute atomic E-state index is 0.144. The average Bonchev–Trinajstić information content (AvgIpc) is 2.66. The maximum atomic E-state index is 14.2. The summed E-state index contributed by atoms with van der Waals surface area (Å²) in [4.78, 5) is 12.7. The van der Waals surface area contributed by atoms with Gasteiger partial charge in [-0.3, -0.25) is 9.10 Å². The number of para-hydroxylation sites is 1. The molecule has 5 nitrogen and oxygen atoms in total. The number of hydrogen-bond donors (Lipinski definition) is 1. The molecule has 7 heteroatoms. The lowest BCUT2D eigenvalue weighted by molar-refractivity contribution is -0.122. The number of nitrogens with zero attached hydrogens (tertiary/aromatic N) is 1. The molecule has 28 heavy (non-hydrogen) atoms. The van der Waals surface area contributed by atoms with Crippen LogP contribution in [0.4, 0.5) is 10.1 Å². The Kier molecular flexibility index (Phi) is 7.18. The van der Waals surface area contributed by atoms with Crippen LogP contribution in [-0.4, -0.2) is 26.6 Å². The molecule has 1 unspecified atom stereocenters. The molecule has 0 radical (unpaired) electrons. The standard InChI is InChI=1S/C21H27FN2O3S/c1-5-16-11-12-17(6-2)18(13-16)14-23-21(25)15(3)24(28(4,26)27)20-10-8-7-9-19(20)22/h7-13,15H,5-6,14H2,1-4H3,(H,23,25). The van der Waals surface area contributed by atoms with Crippen LogP contribution in [0.15, 0.2) is 42.5 Å². The van der Waals surface area contributed by atoms with Gasteiger partial charge in [-0.25, -0.2) is 12.8 Å². The van der Waals surface area contributed by atoms with E-state index >= 15 is 0 Å². The van der Waals surface area contributed by atoms with Crippen LogP contribution in [0.3, 0.4) is 0 Å². The fourth-order valence-electron chi connectivity index (χ4n) is 3.15. The molecule has 2 aromatic rings. The molecule has 1 amide bonds. The third-order valence-corrected chi connectivity index (χ3v) is 5.92. The molecule has 0 heterocycles. The average molecular weight is 407 g/mol. The molecule has 0 aromatic heterocycles. The van der Waals surface area contributed by atoms with Crippen molar-refractivity contribution in [2.24, 2.45) is 0 Å². The summed E-state index contributed by atoms with van der Waals surface area (Å²) in [7, 11) is -3.86. The van der Waals surface area contributed by atoms with Gasteiger partial charge in [0, 0.05) is 6.54 Å². The first-order valence-electron chi connectivity index (χ1n) is 9.31. The van der Waals surface area contributed by atoms with Crippen molar-refractivity contribution in [2.75, 3.05) is 10.6 Å². The van der Waals surface area contributed by atoms with E-state index in [-0.39, 0.29) is 12.2 Å². The van der Waals surface area contributed by atoms with Gasteiger partial charge >= 0.3 is 0 Å². The second kappa shape index (κ2) is 9.19. The van der Waals surface area contributed by atoms with Crippen LogP contribution >= 0.6 is 0 Å². The van der Waals surface area contributed by atoms with E-state index in [1.807, 2.05) is 13.0 Å². The van der Waals surface area contributed by atoms with E-state index in [0.29, 0.717) is 0 Å². The van der Waals surface area contributed by atoms with Crippen LogP contribution in [-0.2, 0) is 34.2 Å². The van der Waals surface area contributed by atoms with Crippen molar-refractivity contribution in [3.63, 3.8) is 0 Å². The van der Waals surface area contributed by atoms with Crippen LogP contribution in [0.2, 0.25) is 0 Å². The largest absolute Gasteiger partial charge is 0.350 e. The van der Waals surface area contributed by atoms with E-state index < -0.39 is 27.8 Å². The van der Waals surface area contributed by atoms with Crippen molar-refractivity contribution < 1.29 is 17.6 Å². The molecule has 0 aliphatic rings. The first kappa shape index (κ1) is 21.9. The molecule has 0 saturated heterocycles. The van der Waals surface area contributed by atoms with Crippen LogP contribution in [0, 0.1) is 5.82 Å². The number of anilines is 1. The van der Waals surface area contributed by atoms with Gasteiger partial charge in [0.1, 0.15) is 11.9 Å². The van der Waals surface area contributed by atoms with E-state index in [0.717, 1.165) is 34.5 Å². The van der Waals surface area contributed by atoms with Crippen molar-refractivity contribution in [2.45, 2.75) is 46.2 Å². The van der Waals surface area contributed by atoms with Crippen LogP contribution < -0.4 is 9.62 Å². The van der Waals surface area contributed by atoms with Crippen LogP contribution in [0.25, 0.3) is 0 Å². The molecule has 0 bridgehead atoms. The number of sulfonamides is 1. The molecule has 2 rings (SSSR count). The van der Waals surface area contributed by atoms with Gasteiger partial charge in [-0.15, -0.1) is 0 Å². The van der Waals surface area contributed by atoms with E-state index in [2.05, 4.69) is 24.4 Å². The lowest BCUT2D eigenvalue weighted by Gasteiger charge is -2.28. The topological polar surface area (TPSA) is 66.5 Å². The minimum Gasteiger partial charge on any atom is -0.350 e. The van der Waals surface area contributed by atoms with Gasteiger partial charge in [0.05, 0.1) is 11.9 Å². The summed E-state index contributed by atoms with van der Waals surface area (Å²) in [6.07, 6.45) is 2.68. The van der Waals surface area contributed by atoms with Crippen molar-refractivity contribution in [3.8, 4) is 0 Å². The summed E-state index contributed by atoms with van der Waals surface area (Å²) in [5.41, 5.74) is 3.15. The third-order valence-electron chi connectivity index (χ3n) is 4.69. The van der Waals surface area contributed by atoms with E-state index in [4.69, 9.17) is 0 Å². The Labute approximate surface area is 166 Å². The Morgan fingerprint density at radius 2 is 1.79 bits per heavy atom. The number of nitrogens with one attached hydrogen (secondary N) is 1. The van der Waals surface area contributed by atoms with Crippen LogP contribution in [0.1, 0.15) is 37.5 Å². The first-order valence-corrected chi connectivity index (χ1v) is 11.2. The number of hydrogen-bond acceptors (Lipinski definition) is 3. The van der Waals surface area contributed by atoms with Crippen molar-refractivity contribution in [1.82, 2.24) is 5.32 Å². The summed E-state index contributed by atoms with van der Waals surface area (Å²) in [6.45, 7) is 5.84. The highest BCUT2D eigenvalue weighted by Crippen LogP contribution is 2.24. The van der Waals surface area contributed by atoms with Gasteiger partial charge in [0.15, 0.2) is 0 Å². The Morgan fingerprint density at radius 1 is 1.11 bits per heavy atom. The number of rotatable bonds is 8. The lowest BCUT2D eigenvalue weighted by Crippen LogP contribution is -2.48. The predicted octanol–water partition coefficient (Wildman–Crippen LogP) is 3.42. The van der Waals surface area contributed by atoms with Gasteiger partial charge in [-0.2, -0.15) is 0 Å². The smallest absolute Gasteiger partial charge is 0.243 e. The van der Waals surface area contributed by atoms with Gasteiger partial charge in [0.25, 0.3) is 0 Å². The van der Waals surface area contributed by atoms with Gasteiger partial charge in [-0.1, -0.05) is 44.2 Å². The van der Waals surface area contributed by atoms with E-state index in [1.54, 1.807) is 0 Å². The van der Waals surface area contributed by atoms with Gasteiger partial charge < -0.3 is 5.32 Å². The maximum absolute atomic E-state index is 14.2. The molecular weight excluding hydrogens is 379 g/mol. The Bertz CT molecular complexity index is 944. The summed E-state index contributed by atoms with van der Waals surface area (Å²) in [6, 6.07) is 10.6. The SMILES string of the molecule is CCc1ccc(CC)c(CNC(=O)C(C)N(c2ccccc2F)S(C)(=O)=O)c1. The highest BCUT2D eigenvalue weighted by atomic mass is 32.2. The summed E-state index contributed by atoms with van der Waals surface area (Å²) >= 11 is 0. The number of carbonyl (C=O) groups is 1. The maximum Gasteiger partial charge on any atom is 0.243 e. The van der Waals surface area contributed by atoms with Crippen molar-refractivity contribution >= 4 is 21.6 Å². The monoisotopic (exact) mass is 406 g/mol. The molecule has 2 aromatic carbocycles. The molecule has 0 aliphatic carbocycles. The molecule has 1 N–H and O–H groups in total. The minimum atomic E-state index is -3.86. The number of carbonyl (C=O) groups excluding carboxylic acids is 1. The number of halogens is 1. The lowest BCUT2D eigenvalue weighted by atomic mass is 10.0. The van der Waals surface area contributed by atoms with Gasteiger partial charge in [0.2, 0.25) is 15.9 Å². The molecule has 152 valence electrons. The molecule has 0 saturated carbocycles. The van der Waals surface area contributed by atoms with Crippen molar-refractivity contribution in [1.29, 1.82) is 0 Å². The normalized spacial score (nSPS) is 12.5. The Hall–Kier alpha value is -2.41. The molecular formula is C21H27FN2O3S. The number of amides is 1. The Morgan fingerprint density at radius 3 is 2.36 bits per heavy atom. The van der Waals surface area contributed by atoms with Crippen molar-refractivity contribution in [3.05, 3.63) is 65.0 Å². The Balaban J connectivity index is 2.24. The second-order valence-corrected chi connectivity index (χ2v) is 8.57. The number of aryl methyl sites for hydroxylation is 2. The second-order valence-electron chi connectivity index (χ2n) is 6.71. The fourth-order valence-corrected chi connectivity index (χ4v) is 4.33. The van der Waals surface area contributed by atoms with E-state index in [1.165, 1.54) is 36.8 Å². The van der Waals surface area contributed by atoms with Gasteiger partial charge in [-0.05, 0) is 48.6 Å². The summed E-state index contributed by atoms with van der Waals surface area (Å²) in [5, 5.41) is 2.80. The number of benzene rings is 2. The highest BCUT2D eigenvalue weighted by molar-refractivity contribution is 7.92. The van der Waals surface area contributed by atoms with Crippen LogP contribution in [0.5, 0.6) is 0 Å². The molecule has 0 aliphatic heterocycles. The summed E-state index contributed by atoms with van der Waals surface area (Å²) < 4.78 is 39.5. The third kappa shape index (κ3) is 5.10. The zero-order chi connectivity index (χ0) is 20.9. The summed E-state index contributed by atoms with van der Waals surface area (Å²) in [5.74, 6) is -1.19. The van der Waals surface area contributed by atoms with E-state index in [9.17, 15) is 17.6 Å². The quantitative estimate of drug-likeness (QED) is 0.730. The molecule has 0 spiro atoms. The fraction of sp³-hybridized carbons (Fsp3) is 0.381.